The zero-order valence-electron chi connectivity index (χ0n) is 17.8. The molecule has 0 fully saturated rings. The third-order valence-corrected chi connectivity index (χ3v) is 6.20. The highest BCUT2D eigenvalue weighted by Crippen LogP contribution is 2.36. The van der Waals surface area contributed by atoms with E-state index in [0.29, 0.717) is 0 Å². The fraction of sp³-hybridized carbons (Fsp3) is 0.440. The highest BCUT2D eigenvalue weighted by atomic mass is 16.5. The van der Waals surface area contributed by atoms with Gasteiger partial charge in [-0.3, -0.25) is 4.90 Å². The van der Waals surface area contributed by atoms with Crippen LogP contribution in [-0.2, 0) is 19.4 Å². The topological polar surface area (TPSA) is 30.9 Å². The number of hydrogen-bond acceptors (Lipinski definition) is 4. The molecule has 154 valence electrons. The minimum atomic E-state index is 0.822. The summed E-state index contributed by atoms with van der Waals surface area (Å²) in [6.07, 6.45) is 8.07. The first-order chi connectivity index (χ1) is 14.2. The first-order valence-electron chi connectivity index (χ1n) is 10.5. The van der Waals surface area contributed by atoms with Gasteiger partial charge in [-0.2, -0.15) is 0 Å². The standard InChI is InChI=1S/C25H31NO3/c1-27-23-11-5-9-21-18(7-4-10-22(21)23)8-6-13-26-14-12-19-15-24(28-2)25(29-3)16-20(19)17-26/h5,8-9,11,15-16H,4,6-7,10,12-14,17H2,1-3H3/b18-8+/i1-1. The fourth-order valence-electron chi connectivity index (χ4n) is 4.67. The lowest BCUT2D eigenvalue weighted by atomic mass is 9.86. The van der Waals surface area contributed by atoms with Gasteiger partial charge >= 0.3 is 0 Å². The Morgan fingerprint density at radius 3 is 2.41 bits per heavy atom. The van der Waals surface area contributed by atoms with Crippen molar-refractivity contribution < 1.29 is 14.2 Å². The van der Waals surface area contributed by atoms with Gasteiger partial charge in [0, 0.05) is 25.2 Å². The van der Waals surface area contributed by atoms with Crippen molar-refractivity contribution in [3.8, 4) is 17.2 Å². The van der Waals surface area contributed by atoms with Crippen LogP contribution in [0.25, 0.3) is 5.57 Å². The van der Waals surface area contributed by atoms with E-state index in [1.165, 1.54) is 40.7 Å². The molecule has 1 aliphatic carbocycles. The first kappa shape index (κ1) is 19.8. The third-order valence-electron chi connectivity index (χ3n) is 6.20. The van der Waals surface area contributed by atoms with Crippen molar-refractivity contribution in [2.75, 3.05) is 34.4 Å². The number of ether oxygens (including phenoxy) is 3. The number of allylic oxidation sites excluding steroid dienone is 1. The number of rotatable bonds is 6. The molecule has 0 saturated carbocycles. The van der Waals surface area contributed by atoms with Crippen LogP contribution in [0.2, 0.25) is 0 Å². The van der Waals surface area contributed by atoms with Crippen LogP contribution in [-0.4, -0.2) is 39.3 Å². The van der Waals surface area contributed by atoms with Gasteiger partial charge < -0.3 is 14.2 Å². The normalized spacial score (nSPS) is 17.6. The van der Waals surface area contributed by atoms with E-state index >= 15 is 0 Å². The van der Waals surface area contributed by atoms with Gasteiger partial charge in [0.15, 0.2) is 11.5 Å². The van der Waals surface area contributed by atoms with Crippen LogP contribution in [0.3, 0.4) is 0 Å². The van der Waals surface area contributed by atoms with Gasteiger partial charge in [-0.15, -0.1) is 0 Å². The van der Waals surface area contributed by atoms with Crippen LogP contribution >= 0.6 is 0 Å². The molecule has 4 heteroatoms. The number of benzene rings is 2. The van der Waals surface area contributed by atoms with Gasteiger partial charge in [0.05, 0.1) is 21.3 Å². The summed E-state index contributed by atoms with van der Waals surface area (Å²) >= 11 is 0. The maximum Gasteiger partial charge on any atom is 0.161 e. The number of hydrogen-bond donors (Lipinski definition) is 0. The molecule has 4 nitrogen and oxygen atoms in total. The summed E-state index contributed by atoms with van der Waals surface area (Å²) in [6, 6.07) is 10.7. The molecule has 0 aromatic heterocycles. The van der Waals surface area contributed by atoms with Crippen molar-refractivity contribution >= 4 is 5.57 Å². The molecule has 0 saturated heterocycles. The molecule has 2 aliphatic rings. The fourth-order valence-corrected chi connectivity index (χ4v) is 4.67. The molecule has 0 bridgehead atoms. The van der Waals surface area contributed by atoms with Gasteiger partial charge in [-0.1, -0.05) is 18.2 Å². The molecular weight excluding hydrogens is 361 g/mol. The molecule has 0 amide bonds. The minimum Gasteiger partial charge on any atom is -0.496 e. The minimum absolute atomic E-state index is 0.822. The molecule has 0 N–H and O–H groups in total. The van der Waals surface area contributed by atoms with Gasteiger partial charge in [0.2, 0.25) is 0 Å². The van der Waals surface area contributed by atoms with E-state index in [0.717, 1.165) is 56.1 Å². The van der Waals surface area contributed by atoms with Crippen molar-refractivity contribution in [2.45, 2.75) is 38.6 Å². The van der Waals surface area contributed by atoms with E-state index in [-0.39, 0.29) is 0 Å². The van der Waals surface area contributed by atoms with E-state index in [2.05, 4.69) is 41.3 Å². The summed E-state index contributed by atoms with van der Waals surface area (Å²) in [7, 11) is 5.17. The molecule has 0 spiro atoms. The molecule has 2 aromatic carbocycles. The monoisotopic (exact) mass is 392 g/mol. The van der Waals surface area contributed by atoms with Crippen molar-refractivity contribution in [1.29, 1.82) is 0 Å². The van der Waals surface area contributed by atoms with Gasteiger partial charge in [-0.25, -0.2) is 0 Å². The molecule has 0 atom stereocenters. The lowest BCUT2D eigenvalue weighted by molar-refractivity contribution is 0.257. The lowest BCUT2D eigenvalue weighted by Crippen LogP contribution is -2.31. The SMILES string of the molecule is COc1cc2c(cc1OC)CN(CC/C=C1\CCCc3c(O[11CH3])cccc31)CC2. The average molecular weight is 393 g/mol. The Labute approximate surface area is 174 Å². The van der Waals surface area contributed by atoms with E-state index in [1.54, 1.807) is 21.3 Å². The smallest absolute Gasteiger partial charge is 0.161 e. The maximum atomic E-state index is 5.57. The summed E-state index contributed by atoms with van der Waals surface area (Å²) in [6.45, 7) is 3.15. The Bertz CT molecular complexity index is 903. The van der Waals surface area contributed by atoms with Crippen LogP contribution < -0.4 is 14.2 Å². The second kappa shape index (κ2) is 8.91. The molecular formula is C25H31NO3. The van der Waals surface area contributed by atoms with E-state index in [1.807, 2.05) is 0 Å². The predicted molar refractivity (Wildman–Crippen MR) is 117 cm³/mol. The van der Waals surface area contributed by atoms with Crippen LogP contribution in [0, 0.1) is 0 Å². The molecule has 1 aliphatic heterocycles. The Kier molecular flexibility index (Phi) is 6.10. The second-order valence-electron chi connectivity index (χ2n) is 7.86. The van der Waals surface area contributed by atoms with E-state index in [9.17, 15) is 0 Å². The van der Waals surface area contributed by atoms with Crippen LogP contribution in [0.1, 0.15) is 41.5 Å². The first-order valence-corrected chi connectivity index (χ1v) is 10.5. The number of fused-ring (bicyclic) bond motifs is 2. The molecule has 0 radical (unpaired) electrons. The quantitative estimate of drug-likeness (QED) is 0.701. The van der Waals surface area contributed by atoms with Gasteiger partial charge in [0.1, 0.15) is 5.75 Å². The Balaban J connectivity index is 1.43. The summed E-state index contributed by atoms with van der Waals surface area (Å²) in [4.78, 5) is 2.54. The van der Waals surface area contributed by atoms with Crippen LogP contribution in [0.15, 0.2) is 36.4 Å². The Hall–Kier alpha value is -2.46. The largest absolute Gasteiger partial charge is 0.496 e. The summed E-state index contributed by atoms with van der Waals surface area (Å²) in [5, 5.41) is 0. The van der Waals surface area contributed by atoms with Crippen LogP contribution in [0.4, 0.5) is 0 Å². The number of nitrogens with zero attached hydrogens (tertiary/aromatic N) is 1. The summed E-state index contributed by atoms with van der Waals surface area (Å²) in [5.74, 6) is 2.68. The molecule has 29 heavy (non-hydrogen) atoms. The number of methoxy groups -OCH3 is 3. The van der Waals surface area contributed by atoms with E-state index in [4.69, 9.17) is 14.2 Å². The second-order valence-corrected chi connectivity index (χ2v) is 7.86. The van der Waals surface area contributed by atoms with Crippen molar-refractivity contribution in [3.63, 3.8) is 0 Å². The zero-order chi connectivity index (χ0) is 20.2. The molecule has 2 aromatic rings. The van der Waals surface area contributed by atoms with E-state index < -0.39 is 0 Å². The lowest BCUT2D eigenvalue weighted by Gasteiger charge is -2.29. The van der Waals surface area contributed by atoms with Crippen molar-refractivity contribution in [3.05, 3.63) is 58.7 Å². The van der Waals surface area contributed by atoms with Gasteiger partial charge in [-0.05, 0) is 72.6 Å². The zero-order valence-corrected chi connectivity index (χ0v) is 17.8. The van der Waals surface area contributed by atoms with Crippen LogP contribution in [0.5, 0.6) is 17.2 Å². The molecule has 0 unspecified atom stereocenters. The highest BCUT2D eigenvalue weighted by Gasteiger charge is 2.20. The molecule has 1 heterocycles. The van der Waals surface area contributed by atoms with Crippen molar-refractivity contribution in [1.82, 2.24) is 4.90 Å². The maximum absolute atomic E-state index is 5.57. The summed E-state index contributed by atoms with van der Waals surface area (Å²) in [5.41, 5.74) is 6.98. The molecule has 4 rings (SSSR count). The summed E-state index contributed by atoms with van der Waals surface area (Å²) < 4.78 is 16.5. The Morgan fingerprint density at radius 2 is 1.66 bits per heavy atom. The average Bonchev–Trinajstić information content (AvgIpc) is 2.77. The highest BCUT2D eigenvalue weighted by molar-refractivity contribution is 5.72. The van der Waals surface area contributed by atoms with Crippen molar-refractivity contribution in [2.24, 2.45) is 0 Å². The third kappa shape index (κ3) is 4.13. The Morgan fingerprint density at radius 1 is 0.897 bits per heavy atom. The van der Waals surface area contributed by atoms with Gasteiger partial charge in [0.25, 0.3) is 0 Å². The predicted octanol–water partition coefficient (Wildman–Crippen LogP) is 4.88.